The van der Waals surface area contributed by atoms with E-state index in [1.54, 1.807) is 0 Å². The molecule has 0 aromatic carbocycles. The topological polar surface area (TPSA) is 61.4 Å². The molecule has 2 bridgehead atoms. The van der Waals surface area contributed by atoms with E-state index in [9.17, 15) is 9.90 Å². The number of nitrogens with one attached hydrogen (secondary N) is 2. The predicted molar refractivity (Wildman–Crippen MR) is 78.5 cm³/mol. The van der Waals surface area contributed by atoms with Gasteiger partial charge in [-0.2, -0.15) is 0 Å². The Morgan fingerprint density at radius 1 is 1.37 bits per heavy atom. The molecule has 4 nitrogen and oxygen atoms in total. The van der Waals surface area contributed by atoms with Crippen LogP contribution in [0.25, 0.3) is 0 Å². The summed E-state index contributed by atoms with van der Waals surface area (Å²) < 4.78 is 0. The second kappa shape index (κ2) is 8.08. The fraction of sp³-hybridized carbons (Fsp3) is 0.929. The summed E-state index contributed by atoms with van der Waals surface area (Å²) in [7, 11) is 0. The van der Waals surface area contributed by atoms with Gasteiger partial charge in [0.2, 0.25) is 5.91 Å². The van der Waals surface area contributed by atoms with Gasteiger partial charge in [-0.05, 0) is 44.4 Å². The molecule has 1 amide bonds. The zero-order valence-electron chi connectivity index (χ0n) is 11.7. The number of piperidine rings is 1. The molecular formula is C14H27ClN2O2. The molecule has 2 aliphatic heterocycles. The Bertz CT molecular complexity index is 277. The maximum absolute atomic E-state index is 11.8. The smallest absolute Gasteiger partial charge is 0.220 e. The second-order valence-corrected chi connectivity index (χ2v) is 5.88. The third-order valence-corrected chi connectivity index (χ3v) is 4.32. The molecule has 2 aliphatic rings. The van der Waals surface area contributed by atoms with Crippen LogP contribution < -0.4 is 10.6 Å². The molecular weight excluding hydrogens is 264 g/mol. The third kappa shape index (κ3) is 5.28. The van der Waals surface area contributed by atoms with Crippen LogP contribution in [0.15, 0.2) is 0 Å². The van der Waals surface area contributed by atoms with E-state index in [0.29, 0.717) is 37.4 Å². The molecule has 0 radical (unpaired) electrons. The van der Waals surface area contributed by atoms with Crippen LogP contribution in [-0.2, 0) is 4.79 Å². The molecule has 3 N–H and O–H groups in total. The Morgan fingerprint density at radius 2 is 2.00 bits per heavy atom. The molecule has 112 valence electrons. The van der Waals surface area contributed by atoms with Crippen molar-refractivity contribution in [2.24, 2.45) is 5.92 Å². The van der Waals surface area contributed by atoms with Gasteiger partial charge in [-0.25, -0.2) is 0 Å². The summed E-state index contributed by atoms with van der Waals surface area (Å²) in [6, 6.07) is 1.31. The van der Waals surface area contributed by atoms with Crippen molar-refractivity contribution in [3.63, 3.8) is 0 Å². The van der Waals surface area contributed by atoms with Gasteiger partial charge in [0.25, 0.3) is 0 Å². The van der Waals surface area contributed by atoms with Gasteiger partial charge in [0.05, 0.1) is 6.10 Å². The number of aliphatic hydroxyl groups excluding tert-OH is 1. The molecule has 3 atom stereocenters. The van der Waals surface area contributed by atoms with E-state index < -0.39 is 0 Å². The Morgan fingerprint density at radius 3 is 2.58 bits per heavy atom. The van der Waals surface area contributed by atoms with E-state index in [0.717, 1.165) is 19.3 Å². The summed E-state index contributed by atoms with van der Waals surface area (Å²) in [5.41, 5.74) is 0. The Hall–Kier alpha value is -0.320. The van der Waals surface area contributed by atoms with Crippen LogP contribution in [-0.4, -0.2) is 35.7 Å². The van der Waals surface area contributed by atoms with Gasteiger partial charge >= 0.3 is 0 Å². The number of hydrogen-bond donors (Lipinski definition) is 3. The first-order valence-corrected chi connectivity index (χ1v) is 7.38. The monoisotopic (exact) mass is 290 g/mol. The summed E-state index contributed by atoms with van der Waals surface area (Å²) in [5.74, 6) is 0.712. The first-order chi connectivity index (χ1) is 8.67. The van der Waals surface area contributed by atoms with Crippen molar-refractivity contribution < 1.29 is 9.90 Å². The summed E-state index contributed by atoms with van der Waals surface area (Å²) in [6.07, 6.45) is 6.68. The van der Waals surface area contributed by atoms with Crippen molar-refractivity contribution in [3.05, 3.63) is 0 Å². The number of hydrogen-bond acceptors (Lipinski definition) is 3. The molecule has 3 unspecified atom stereocenters. The van der Waals surface area contributed by atoms with Gasteiger partial charge in [0.1, 0.15) is 0 Å². The normalized spacial score (nSPS) is 30.5. The SMILES string of the molecule is CCC(O)CCNC(=O)CC1CC2CCC(C1)N2.Cl. The fourth-order valence-corrected chi connectivity index (χ4v) is 3.26. The molecule has 2 heterocycles. The zero-order chi connectivity index (χ0) is 13.0. The highest BCUT2D eigenvalue weighted by Crippen LogP contribution is 2.32. The molecule has 2 fully saturated rings. The van der Waals surface area contributed by atoms with Crippen molar-refractivity contribution in [2.75, 3.05) is 6.54 Å². The average Bonchev–Trinajstić information content (AvgIpc) is 2.68. The van der Waals surface area contributed by atoms with E-state index in [-0.39, 0.29) is 24.4 Å². The zero-order valence-corrected chi connectivity index (χ0v) is 12.5. The molecule has 19 heavy (non-hydrogen) atoms. The first kappa shape index (κ1) is 16.7. The molecule has 0 saturated carbocycles. The molecule has 0 aromatic heterocycles. The quantitative estimate of drug-likeness (QED) is 0.696. The van der Waals surface area contributed by atoms with E-state index in [2.05, 4.69) is 10.6 Å². The van der Waals surface area contributed by atoms with Gasteiger partial charge in [-0.3, -0.25) is 4.79 Å². The highest BCUT2D eigenvalue weighted by molar-refractivity contribution is 5.85. The molecule has 0 aromatic rings. The Balaban J connectivity index is 0.00000180. The van der Waals surface area contributed by atoms with Gasteiger partial charge in [-0.15, -0.1) is 12.4 Å². The number of amides is 1. The van der Waals surface area contributed by atoms with Gasteiger partial charge in [0, 0.05) is 25.0 Å². The van der Waals surface area contributed by atoms with Gasteiger partial charge in [0.15, 0.2) is 0 Å². The molecule has 5 heteroatoms. The van der Waals surface area contributed by atoms with Crippen LogP contribution in [0.4, 0.5) is 0 Å². The summed E-state index contributed by atoms with van der Waals surface area (Å²) >= 11 is 0. The number of halogens is 1. The third-order valence-electron chi connectivity index (χ3n) is 4.32. The van der Waals surface area contributed by atoms with Crippen LogP contribution in [0.1, 0.15) is 51.9 Å². The fourth-order valence-electron chi connectivity index (χ4n) is 3.26. The van der Waals surface area contributed by atoms with Gasteiger partial charge < -0.3 is 15.7 Å². The van der Waals surface area contributed by atoms with Crippen LogP contribution in [0, 0.1) is 5.92 Å². The molecule has 2 saturated heterocycles. The summed E-state index contributed by atoms with van der Waals surface area (Å²) in [5, 5.41) is 15.9. The minimum Gasteiger partial charge on any atom is -0.393 e. The number of aliphatic hydroxyl groups is 1. The van der Waals surface area contributed by atoms with Crippen LogP contribution in [0.3, 0.4) is 0 Å². The van der Waals surface area contributed by atoms with Crippen molar-refractivity contribution >= 4 is 18.3 Å². The molecule has 0 aliphatic carbocycles. The van der Waals surface area contributed by atoms with Crippen molar-refractivity contribution in [3.8, 4) is 0 Å². The van der Waals surface area contributed by atoms with E-state index in [1.165, 1.54) is 12.8 Å². The number of carbonyl (C=O) groups excluding carboxylic acids is 1. The lowest BCUT2D eigenvalue weighted by molar-refractivity contribution is -0.122. The van der Waals surface area contributed by atoms with Crippen molar-refractivity contribution in [1.82, 2.24) is 10.6 Å². The van der Waals surface area contributed by atoms with E-state index in [4.69, 9.17) is 0 Å². The van der Waals surface area contributed by atoms with Crippen LogP contribution in [0.2, 0.25) is 0 Å². The predicted octanol–water partition coefficient (Wildman–Crippen LogP) is 1.61. The number of carbonyl (C=O) groups is 1. The number of fused-ring (bicyclic) bond motifs is 2. The lowest BCUT2D eigenvalue weighted by Crippen LogP contribution is -2.39. The highest BCUT2D eigenvalue weighted by Gasteiger charge is 2.33. The lowest BCUT2D eigenvalue weighted by atomic mass is 9.89. The summed E-state index contributed by atoms with van der Waals surface area (Å²) in [4.78, 5) is 11.8. The number of rotatable bonds is 6. The second-order valence-electron chi connectivity index (χ2n) is 5.88. The summed E-state index contributed by atoms with van der Waals surface area (Å²) in [6.45, 7) is 2.56. The lowest BCUT2D eigenvalue weighted by Gasteiger charge is -2.28. The maximum Gasteiger partial charge on any atom is 0.220 e. The van der Waals surface area contributed by atoms with Crippen molar-refractivity contribution in [2.45, 2.75) is 70.1 Å². The molecule has 0 spiro atoms. The largest absolute Gasteiger partial charge is 0.393 e. The van der Waals surface area contributed by atoms with Gasteiger partial charge in [-0.1, -0.05) is 6.92 Å². The Kier molecular flexibility index (Phi) is 7.11. The minimum absolute atomic E-state index is 0. The highest BCUT2D eigenvalue weighted by atomic mass is 35.5. The molecule has 2 rings (SSSR count). The van der Waals surface area contributed by atoms with E-state index in [1.807, 2.05) is 6.92 Å². The average molecular weight is 291 g/mol. The maximum atomic E-state index is 11.8. The Labute approximate surface area is 122 Å². The minimum atomic E-state index is -0.278. The van der Waals surface area contributed by atoms with Crippen LogP contribution in [0.5, 0.6) is 0 Å². The van der Waals surface area contributed by atoms with Crippen LogP contribution >= 0.6 is 12.4 Å². The van der Waals surface area contributed by atoms with Crippen molar-refractivity contribution in [1.29, 1.82) is 0 Å². The first-order valence-electron chi connectivity index (χ1n) is 7.38. The standard InChI is InChI=1S/C14H26N2O2.ClH/c1-2-13(17)5-6-15-14(18)9-10-7-11-3-4-12(8-10)16-11;/h10-13,16-17H,2-9H2,1H3,(H,15,18);1H. The van der Waals surface area contributed by atoms with E-state index >= 15 is 0 Å².